The van der Waals surface area contributed by atoms with E-state index in [-0.39, 0.29) is 24.0 Å². The highest BCUT2D eigenvalue weighted by Crippen LogP contribution is 2.55. The molecular weight excluding hydrogens is 420 g/mol. The molecule has 1 aromatic rings. The number of carbonyl (C=O) groups excluding carboxylic acids is 3. The number of carbonyl (C=O) groups is 3. The molecule has 33 heavy (non-hydrogen) atoms. The highest BCUT2D eigenvalue weighted by molar-refractivity contribution is 5.87. The van der Waals surface area contributed by atoms with Crippen LogP contribution in [0.25, 0.3) is 6.08 Å². The van der Waals surface area contributed by atoms with Crippen LogP contribution >= 0.6 is 0 Å². The zero-order valence-corrected chi connectivity index (χ0v) is 19.3. The number of esters is 2. The van der Waals surface area contributed by atoms with Crippen LogP contribution in [0.4, 0.5) is 4.79 Å². The maximum Gasteiger partial charge on any atom is 0.330 e. The predicted octanol–water partition coefficient (Wildman–Crippen LogP) is 4.22. The normalized spacial score (nSPS) is 27.4. The minimum atomic E-state index is -0.395. The van der Waals surface area contributed by atoms with Crippen molar-refractivity contribution in [3.8, 4) is 5.75 Å². The molecule has 7 heteroatoms. The molecule has 0 heterocycles. The topological polar surface area (TPSA) is 93.7 Å². The fraction of sp³-hybridized carbons (Fsp3) is 0.577. The van der Waals surface area contributed by atoms with Gasteiger partial charge in [-0.2, -0.15) is 0 Å². The van der Waals surface area contributed by atoms with Crippen LogP contribution in [0.15, 0.2) is 30.3 Å². The van der Waals surface area contributed by atoms with Crippen LogP contribution in [-0.2, 0) is 14.3 Å². The van der Waals surface area contributed by atoms with Crippen molar-refractivity contribution in [3.05, 3.63) is 35.9 Å². The summed E-state index contributed by atoms with van der Waals surface area (Å²) in [6, 6.07) is 6.76. The molecule has 0 saturated heterocycles. The van der Waals surface area contributed by atoms with Gasteiger partial charge in [0.25, 0.3) is 0 Å². The summed E-state index contributed by atoms with van der Waals surface area (Å²) in [6.07, 6.45) is 11.1. The van der Waals surface area contributed by atoms with Crippen LogP contribution in [0.2, 0.25) is 0 Å². The Morgan fingerprint density at radius 2 is 1.67 bits per heavy atom. The number of ether oxygens (including phenoxy) is 2. The van der Waals surface area contributed by atoms with E-state index in [1.807, 2.05) is 0 Å². The molecule has 4 aliphatic carbocycles. The first-order valence-corrected chi connectivity index (χ1v) is 12.1. The molecular formula is C26H34N2O5. The SMILES string of the molecule is CCOC(=O)/C=C/c1ccc(OC(=O)CCCNC(=O)NC23CC4CC(CC(C4)C2)C3)cc1. The van der Waals surface area contributed by atoms with Gasteiger partial charge in [0.05, 0.1) is 6.61 Å². The second-order valence-corrected chi connectivity index (χ2v) is 9.81. The zero-order chi connectivity index (χ0) is 23.3. The van der Waals surface area contributed by atoms with E-state index in [0.29, 0.717) is 25.3 Å². The van der Waals surface area contributed by atoms with Crippen molar-refractivity contribution >= 4 is 24.0 Å². The molecule has 2 amide bonds. The third kappa shape index (κ3) is 6.36. The smallest absolute Gasteiger partial charge is 0.330 e. The Bertz CT molecular complexity index is 857. The van der Waals surface area contributed by atoms with Crippen molar-refractivity contribution in [2.45, 2.75) is 63.8 Å². The fourth-order valence-corrected chi connectivity index (χ4v) is 6.17. The van der Waals surface area contributed by atoms with E-state index >= 15 is 0 Å². The highest BCUT2D eigenvalue weighted by Gasteiger charge is 2.51. The van der Waals surface area contributed by atoms with E-state index in [0.717, 1.165) is 42.6 Å². The Hall–Kier alpha value is -2.83. The lowest BCUT2D eigenvalue weighted by molar-refractivity contribution is -0.137. The average molecular weight is 455 g/mol. The van der Waals surface area contributed by atoms with E-state index in [4.69, 9.17) is 9.47 Å². The highest BCUT2D eigenvalue weighted by atomic mass is 16.5. The monoisotopic (exact) mass is 454 g/mol. The summed E-state index contributed by atoms with van der Waals surface area (Å²) in [5.41, 5.74) is 0.798. The number of benzene rings is 1. The van der Waals surface area contributed by atoms with Gasteiger partial charge in [-0.3, -0.25) is 4.79 Å². The second kappa shape index (κ2) is 10.4. The summed E-state index contributed by atoms with van der Waals surface area (Å²) < 4.78 is 10.2. The van der Waals surface area contributed by atoms with Crippen LogP contribution in [0.3, 0.4) is 0 Å². The lowest BCUT2D eigenvalue weighted by Gasteiger charge is -2.56. The van der Waals surface area contributed by atoms with Crippen LogP contribution < -0.4 is 15.4 Å². The Balaban J connectivity index is 1.13. The van der Waals surface area contributed by atoms with E-state index < -0.39 is 5.97 Å². The van der Waals surface area contributed by atoms with Crippen molar-refractivity contribution in [2.75, 3.05) is 13.2 Å². The molecule has 178 valence electrons. The van der Waals surface area contributed by atoms with Gasteiger partial charge in [-0.05, 0) is 93.4 Å². The summed E-state index contributed by atoms with van der Waals surface area (Å²) in [5.74, 6) is 2.07. The van der Waals surface area contributed by atoms with E-state index in [1.54, 1.807) is 37.3 Å². The van der Waals surface area contributed by atoms with Gasteiger partial charge in [-0.1, -0.05) is 12.1 Å². The van der Waals surface area contributed by atoms with E-state index in [9.17, 15) is 14.4 Å². The first-order chi connectivity index (χ1) is 15.9. The molecule has 0 aromatic heterocycles. The van der Waals surface area contributed by atoms with Gasteiger partial charge in [0, 0.05) is 24.6 Å². The molecule has 0 radical (unpaired) electrons. The van der Waals surface area contributed by atoms with Gasteiger partial charge in [0.15, 0.2) is 0 Å². The largest absolute Gasteiger partial charge is 0.463 e. The van der Waals surface area contributed by atoms with Gasteiger partial charge < -0.3 is 20.1 Å². The third-order valence-corrected chi connectivity index (χ3v) is 7.07. The fourth-order valence-electron chi connectivity index (χ4n) is 6.17. The standard InChI is InChI=1S/C26H34N2O5/c1-2-32-23(29)10-7-18-5-8-22(9-6-18)33-24(30)4-3-11-27-25(31)28-26-15-19-12-20(16-26)14-21(13-19)17-26/h5-10,19-21H,2-4,11-17H2,1H3,(H2,27,28,31)/b10-7+. The van der Waals surface area contributed by atoms with Crippen molar-refractivity contribution in [1.29, 1.82) is 0 Å². The first-order valence-electron chi connectivity index (χ1n) is 12.1. The predicted molar refractivity (Wildman–Crippen MR) is 124 cm³/mol. The van der Waals surface area contributed by atoms with Crippen molar-refractivity contribution in [3.63, 3.8) is 0 Å². The molecule has 0 atom stereocenters. The Morgan fingerprint density at radius 3 is 2.27 bits per heavy atom. The number of hydrogen-bond donors (Lipinski definition) is 2. The molecule has 0 spiro atoms. The number of urea groups is 1. The summed E-state index contributed by atoms with van der Waals surface area (Å²) in [5, 5.41) is 6.19. The van der Waals surface area contributed by atoms with Gasteiger partial charge in [0.1, 0.15) is 5.75 Å². The molecule has 2 N–H and O–H groups in total. The third-order valence-electron chi connectivity index (χ3n) is 7.07. The Labute approximate surface area is 195 Å². The van der Waals surface area contributed by atoms with Crippen molar-refractivity contribution in [1.82, 2.24) is 10.6 Å². The lowest BCUT2D eigenvalue weighted by atomic mass is 9.53. The van der Waals surface area contributed by atoms with Gasteiger partial charge in [-0.15, -0.1) is 0 Å². The maximum absolute atomic E-state index is 12.5. The van der Waals surface area contributed by atoms with Crippen LogP contribution in [0.1, 0.15) is 63.9 Å². The van der Waals surface area contributed by atoms with Crippen LogP contribution in [0, 0.1) is 17.8 Å². The molecule has 7 nitrogen and oxygen atoms in total. The number of rotatable bonds is 9. The van der Waals surface area contributed by atoms with E-state index in [2.05, 4.69) is 10.6 Å². The molecule has 0 aliphatic heterocycles. The quantitative estimate of drug-likeness (QED) is 0.252. The average Bonchev–Trinajstić information content (AvgIpc) is 2.75. The van der Waals surface area contributed by atoms with Gasteiger partial charge >= 0.3 is 18.0 Å². The summed E-state index contributed by atoms with van der Waals surface area (Å²) in [7, 11) is 0. The summed E-state index contributed by atoms with van der Waals surface area (Å²) in [4.78, 5) is 35.9. The maximum atomic E-state index is 12.5. The van der Waals surface area contributed by atoms with Gasteiger partial charge in [-0.25, -0.2) is 9.59 Å². The Kier molecular flexibility index (Phi) is 7.36. The lowest BCUT2D eigenvalue weighted by Crippen LogP contribution is -2.61. The minimum absolute atomic E-state index is 0.00454. The van der Waals surface area contributed by atoms with Gasteiger partial charge in [0.2, 0.25) is 0 Å². The second-order valence-electron chi connectivity index (χ2n) is 9.81. The van der Waals surface area contributed by atoms with E-state index in [1.165, 1.54) is 25.3 Å². The number of nitrogens with one attached hydrogen (secondary N) is 2. The summed E-state index contributed by atoms with van der Waals surface area (Å²) >= 11 is 0. The van der Waals surface area contributed by atoms with Crippen molar-refractivity contribution < 1.29 is 23.9 Å². The Morgan fingerprint density at radius 1 is 1.03 bits per heavy atom. The van der Waals surface area contributed by atoms with Crippen molar-refractivity contribution in [2.24, 2.45) is 17.8 Å². The summed E-state index contributed by atoms with van der Waals surface area (Å²) in [6.45, 7) is 2.52. The molecule has 4 bridgehead atoms. The molecule has 5 rings (SSSR count). The zero-order valence-electron chi connectivity index (χ0n) is 19.3. The molecule has 4 saturated carbocycles. The number of hydrogen-bond acceptors (Lipinski definition) is 5. The van der Waals surface area contributed by atoms with Crippen LogP contribution in [0.5, 0.6) is 5.75 Å². The molecule has 0 unspecified atom stereocenters. The molecule has 4 fully saturated rings. The molecule has 4 aliphatic rings. The molecule has 1 aromatic carbocycles. The minimum Gasteiger partial charge on any atom is -0.463 e. The first kappa shape index (κ1) is 23.3. The van der Waals surface area contributed by atoms with Crippen LogP contribution in [-0.4, -0.2) is 36.7 Å². The number of amides is 2.